The van der Waals surface area contributed by atoms with E-state index in [1.807, 2.05) is 0 Å². The van der Waals surface area contributed by atoms with Gasteiger partial charge >= 0.3 is 59.1 Å². The summed E-state index contributed by atoms with van der Waals surface area (Å²) in [6.45, 7) is 0. The third-order valence-corrected chi connectivity index (χ3v) is 5.67. The van der Waals surface area contributed by atoms with Crippen LogP contribution in [0.5, 0.6) is 0 Å². The molecule has 0 aliphatic heterocycles. The summed E-state index contributed by atoms with van der Waals surface area (Å²) in [6.07, 6.45) is 0. The monoisotopic (exact) mass is 432 g/mol. The Balaban J connectivity index is 0.00000338. The average Bonchev–Trinajstić information content (AvgIpc) is 2.55. The zero-order chi connectivity index (χ0) is 18.9. The van der Waals surface area contributed by atoms with Crippen molar-refractivity contribution in [1.29, 1.82) is 0 Å². The van der Waals surface area contributed by atoms with Gasteiger partial charge in [-0.15, -0.1) is 0 Å². The maximum atomic E-state index is 11.5. The topological polar surface area (TPSA) is 155 Å². The second-order valence-corrected chi connectivity index (χ2v) is 8.16. The molecule has 0 heterocycles. The predicted molar refractivity (Wildman–Crippen MR) is 85.1 cm³/mol. The maximum Gasteiger partial charge on any atom is 1.00 e. The molecule has 12 heteroatoms. The Morgan fingerprint density at radius 3 is 1.15 bits per heavy atom. The van der Waals surface area contributed by atoms with Crippen LogP contribution >= 0.6 is 0 Å². The molecule has 2 aromatic carbocycles. The Morgan fingerprint density at radius 1 is 0.667 bits per heavy atom. The van der Waals surface area contributed by atoms with Crippen LogP contribution in [0.15, 0.2) is 60.7 Å². The fraction of sp³-hybridized carbons (Fsp3) is 0.200. The zero-order valence-corrected chi connectivity index (χ0v) is 20.2. The third kappa shape index (κ3) is 5.62. The first-order chi connectivity index (χ1) is 11.5. The van der Waals surface area contributed by atoms with Gasteiger partial charge in [0.25, 0.3) is 0 Å². The van der Waals surface area contributed by atoms with E-state index >= 15 is 0 Å². The summed E-state index contributed by atoms with van der Waals surface area (Å²) < 4.78 is 69.3. The summed E-state index contributed by atoms with van der Waals surface area (Å²) in [4.78, 5) is 0. The Labute approximate surface area is 201 Å². The Kier molecular flexibility index (Phi) is 10.4. The molecule has 0 amide bonds. The van der Waals surface area contributed by atoms with E-state index < -0.39 is 36.5 Å². The number of aliphatic hydroxyl groups excluding tert-OH is 2. The smallest absolute Gasteiger partial charge is 0.746 e. The molecule has 0 fully saturated rings. The van der Waals surface area contributed by atoms with Crippen molar-refractivity contribution in [2.75, 3.05) is 0 Å². The van der Waals surface area contributed by atoms with Gasteiger partial charge in [0.2, 0.25) is 0 Å². The Morgan fingerprint density at radius 2 is 0.926 bits per heavy atom. The van der Waals surface area contributed by atoms with E-state index in [1.54, 1.807) is 0 Å². The molecule has 2 unspecified atom stereocenters. The van der Waals surface area contributed by atoms with Gasteiger partial charge in [0.05, 0.1) is 5.41 Å². The number of hydrogen-bond acceptors (Lipinski definition) is 8. The van der Waals surface area contributed by atoms with Crippen LogP contribution in [0.3, 0.4) is 0 Å². The molecule has 27 heavy (non-hydrogen) atoms. The van der Waals surface area contributed by atoms with Crippen LogP contribution in [0.1, 0.15) is 11.1 Å². The molecule has 2 atom stereocenters. The van der Waals surface area contributed by atoms with Gasteiger partial charge in [0.1, 0.15) is 20.2 Å². The molecule has 0 bridgehead atoms. The first-order valence-electron chi connectivity index (χ1n) is 6.89. The Bertz CT molecular complexity index is 855. The molecule has 2 rings (SSSR count). The van der Waals surface area contributed by atoms with E-state index in [2.05, 4.69) is 0 Å². The van der Waals surface area contributed by atoms with E-state index in [9.17, 15) is 36.2 Å². The molecule has 0 radical (unpaired) electrons. The molecule has 0 aromatic heterocycles. The largest absolute Gasteiger partial charge is 1.00 e. The summed E-state index contributed by atoms with van der Waals surface area (Å²) in [5, 5.41) is 20.5. The molecular formula is C15H14Na2O8S2. The van der Waals surface area contributed by atoms with Gasteiger partial charge in [-0.05, 0) is 11.1 Å². The van der Waals surface area contributed by atoms with Crippen LogP contribution in [-0.2, 0) is 25.7 Å². The molecule has 8 nitrogen and oxygen atoms in total. The number of benzene rings is 2. The molecule has 0 spiro atoms. The zero-order valence-electron chi connectivity index (χ0n) is 14.6. The van der Waals surface area contributed by atoms with E-state index in [1.165, 1.54) is 60.7 Å². The standard InChI is InChI=1S/C15H16O8S2.2Na/c16-13(24(18,19)20)15(14(17)25(21,22)23,11-7-3-1-4-8-11)12-9-5-2-6-10-12;;/h1-10,13-14,16-17H,(H,18,19,20)(H,21,22,23);;/q;2*+1/p-2. The molecular weight excluding hydrogens is 418 g/mol. The second kappa shape index (κ2) is 10.3. The molecule has 0 aliphatic carbocycles. The first kappa shape index (κ1) is 27.2. The first-order valence-corrected chi connectivity index (χ1v) is 9.83. The third-order valence-electron chi connectivity index (χ3n) is 3.83. The van der Waals surface area contributed by atoms with Gasteiger partial charge in [-0.3, -0.25) is 0 Å². The van der Waals surface area contributed by atoms with Crippen LogP contribution in [0, 0.1) is 0 Å². The summed E-state index contributed by atoms with van der Waals surface area (Å²) in [5.74, 6) is 0. The quantitative estimate of drug-likeness (QED) is 0.337. The second-order valence-electron chi connectivity index (χ2n) is 5.29. The van der Waals surface area contributed by atoms with Crippen molar-refractivity contribution in [2.45, 2.75) is 16.3 Å². The van der Waals surface area contributed by atoms with Crippen molar-refractivity contribution >= 4 is 20.2 Å². The van der Waals surface area contributed by atoms with E-state index in [4.69, 9.17) is 0 Å². The van der Waals surface area contributed by atoms with Crippen LogP contribution in [0.2, 0.25) is 0 Å². The number of aliphatic hydroxyl groups is 2. The van der Waals surface area contributed by atoms with Gasteiger partial charge in [0, 0.05) is 0 Å². The molecule has 0 aliphatic rings. The van der Waals surface area contributed by atoms with Crippen molar-refractivity contribution in [3.8, 4) is 0 Å². The van der Waals surface area contributed by atoms with E-state index in [0.717, 1.165) is 0 Å². The molecule has 0 saturated heterocycles. The summed E-state index contributed by atoms with van der Waals surface area (Å²) in [6, 6.07) is 13.3. The molecule has 2 N–H and O–H groups in total. The van der Waals surface area contributed by atoms with Gasteiger partial charge < -0.3 is 19.3 Å². The van der Waals surface area contributed by atoms with Crippen LogP contribution in [0.25, 0.3) is 0 Å². The minimum Gasteiger partial charge on any atom is -0.746 e. The number of rotatable bonds is 6. The van der Waals surface area contributed by atoms with Crippen LogP contribution in [0.4, 0.5) is 0 Å². The van der Waals surface area contributed by atoms with Gasteiger partial charge in [-0.1, -0.05) is 60.7 Å². The maximum absolute atomic E-state index is 11.5. The van der Waals surface area contributed by atoms with Crippen molar-refractivity contribution in [3.63, 3.8) is 0 Å². The van der Waals surface area contributed by atoms with Crippen LogP contribution in [-0.4, -0.2) is 47.0 Å². The van der Waals surface area contributed by atoms with Crippen molar-refractivity contribution in [2.24, 2.45) is 0 Å². The molecule has 2 aromatic rings. The van der Waals surface area contributed by atoms with Crippen molar-refractivity contribution in [3.05, 3.63) is 71.8 Å². The number of hydrogen-bond donors (Lipinski definition) is 2. The minimum absolute atomic E-state index is 0. The van der Waals surface area contributed by atoms with Crippen LogP contribution < -0.4 is 59.1 Å². The average molecular weight is 432 g/mol. The minimum atomic E-state index is -5.52. The molecule has 0 saturated carbocycles. The summed E-state index contributed by atoms with van der Waals surface area (Å²) in [7, 11) is -11.0. The summed E-state index contributed by atoms with van der Waals surface area (Å²) >= 11 is 0. The predicted octanol–water partition coefficient (Wildman–Crippen LogP) is -6.29. The molecule has 136 valence electrons. The van der Waals surface area contributed by atoms with Crippen molar-refractivity contribution < 1.29 is 95.3 Å². The van der Waals surface area contributed by atoms with Crippen molar-refractivity contribution in [1.82, 2.24) is 0 Å². The summed E-state index contributed by atoms with van der Waals surface area (Å²) in [5.41, 5.74) is -9.02. The SMILES string of the molecule is O=S(=O)([O-])C(O)C(c1ccccc1)(c1ccccc1)C(O)S(=O)(=O)[O-].[Na+].[Na+]. The van der Waals surface area contributed by atoms with Gasteiger partial charge in [-0.2, -0.15) is 0 Å². The fourth-order valence-electron chi connectivity index (χ4n) is 2.74. The van der Waals surface area contributed by atoms with E-state index in [-0.39, 0.29) is 70.2 Å². The van der Waals surface area contributed by atoms with Gasteiger partial charge in [0.15, 0.2) is 10.9 Å². The van der Waals surface area contributed by atoms with E-state index in [0.29, 0.717) is 0 Å². The normalized spacial score (nSPS) is 14.4. The fourth-order valence-corrected chi connectivity index (χ4v) is 4.54. The Hall–Kier alpha value is 0.180. The van der Waals surface area contributed by atoms with Gasteiger partial charge in [-0.25, -0.2) is 16.8 Å².